The molecule has 4 aromatic rings. The highest BCUT2D eigenvalue weighted by atomic mass is 16.7. The van der Waals surface area contributed by atoms with Crippen molar-refractivity contribution < 1.29 is 14.6 Å². The average Bonchev–Trinajstić information content (AvgIpc) is 3.15. The zero-order chi connectivity index (χ0) is 20.4. The van der Waals surface area contributed by atoms with E-state index in [9.17, 15) is 5.11 Å². The summed E-state index contributed by atoms with van der Waals surface area (Å²) in [6.07, 6.45) is 0. The Kier molecular flexibility index (Phi) is 4.74. The van der Waals surface area contributed by atoms with E-state index in [1.165, 1.54) is 0 Å². The monoisotopic (exact) mass is 394 g/mol. The van der Waals surface area contributed by atoms with Gasteiger partial charge in [0.15, 0.2) is 0 Å². The van der Waals surface area contributed by atoms with Crippen molar-refractivity contribution in [2.24, 2.45) is 0 Å². The Morgan fingerprint density at radius 1 is 0.567 bits per heavy atom. The summed E-state index contributed by atoms with van der Waals surface area (Å²) in [5, 5.41) is 10.8. The summed E-state index contributed by atoms with van der Waals surface area (Å²) in [5.41, 5.74) is 4.45. The molecule has 0 unspecified atom stereocenters. The van der Waals surface area contributed by atoms with Crippen LogP contribution in [-0.2, 0) is 0 Å². The number of aliphatic hydroxyl groups is 1. The molecule has 5 rings (SSSR count). The third kappa shape index (κ3) is 3.14. The van der Waals surface area contributed by atoms with Gasteiger partial charge in [-0.15, -0.1) is 0 Å². The van der Waals surface area contributed by atoms with Crippen molar-refractivity contribution in [2.75, 3.05) is 6.61 Å². The summed E-state index contributed by atoms with van der Waals surface area (Å²) in [6, 6.07) is 35.6. The minimum Gasteiger partial charge on any atom is -0.449 e. The molecule has 148 valence electrons. The summed E-state index contributed by atoms with van der Waals surface area (Å²) < 4.78 is 13.0. The van der Waals surface area contributed by atoms with Crippen LogP contribution in [-0.4, -0.2) is 17.5 Å². The number of fused-ring (bicyclic) bond motifs is 3. The summed E-state index contributed by atoms with van der Waals surface area (Å²) in [5.74, 6) is -0.338. The Morgan fingerprint density at radius 2 is 0.967 bits per heavy atom. The van der Waals surface area contributed by atoms with Crippen LogP contribution < -0.4 is 9.47 Å². The molecule has 0 radical (unpaired) electrons. The van der Waals surface area contributed by atoms with Crippen LogP contribution in [0.25, 0.3) is 11.1 Å². The topological polar surface area (TPSA) is 38.7 Å². The van der Waals surface area contributed by atoms with Crippen molar-refractivity contribution in [3.63, 3.8) is 0 Å². The lowest BCUT2D eigenvalue weighted by molar-refractivity contribution is -0.154. The van der Waals surface area contributed by atoms with E-state index in [1.807, 2.05) is 84.9 Å². The van der Waals surface area contributed by atoms with Crippen molar-refractivity contribution >= 4 is 0 Å². The van der Waals surface area contributed by atoms with Gasteiger partial charge in [-0.2, -0.15) is 0 Å². The quantitative estimate of drug-likeness (QED) is 0.430. The number of hydrogen-bond donors (Lipinski definition) is 1. The maximum atomic E-state index is 10.8. The first-order valence-corrected chi connectivity index (χ1v) is 10.1. The Balaban J connectivity index is 1.70. The predicted octanol–water partition coefficient (Wildman–Crippen LogP) is 5.65. The van der Waals surface area contributed by atoms with Crippen molar-refractivity contribution in [3.8, 4) is 22.6 Å². The maximum absolute atomic E-state index is 10.8. The Hall–Kier alpha value is -3.56. The van der Waals surface area contributed by atoms with Gasteiger partial charge in [-0.1, -0.05) is 84.9 Å². The fraction of sp³-hybridized carbons (Fsp3) is 0.111. The molecular weight excluding hydrogens is 372 g/mol. The number of para-hydroxylation sites is 2. The zero-order valence-electron chi connectivity index (χ0n) is 16.4. The SMILES string of the molecule is OCC(Oc1ccccc1)(Oc1ccccc1)C1c2ccccc2-c2ccccc21. The molecule has 0 saturated heterocycles. The van der Waals surface area contributed by atoms with Gasteiger partial charge in [0.25, 0.3) is 5.79 Å². The van der Waals surface area contributed by atoms with Gasteiger partial charge in [-0.25, -0.2) is 0 Å². The first-order valence-electron chi connectivity index (χ1n) is 10.1. The average molecular weight is 394 g/mol. The lowest BCUT2D eigenvalue weighted by Crippen LogP contribution is -2.51. The molecule has 0 fully saturated rings. The molecule has 3 nitrogen and oxygen atoms in total. The van der Waals surface area contributed by atoms with E-state index in [2.05, 4.69) is 24.3 Å². The molecule has 0 spiro atoms. The van der Waals surface area contributed by atoms with Crippen LogP contribution in [0.15, 0.2) is 109 Å². The molecule has 0 aliphatic heterocycles. The van der Waals surface area contributed by atoms with Gasteiger partial charge in [-0.3, -0.25) is 0 Å². The van der Waals surface area contributed by atoms with E-state index >= 15 is 0 Å². The lowest BCUT2D eigenvalue weighted by Gasteiger charge is -2.38. The molecular formula is C27H22O3. The number of rotatable bonds is 6. The largest absolute Gasteiger partial charge is 0.449 e. The summed E-state index contributed by atoms with van der Waals surface area (Å²) >= 11 is 0. The second-order valence-electron chi connectivity index (χ2n) is 7.41. The van der Waals surface area contributed by atoms with Gasteiger partial charge in [0, 0.05) is 0 Å². The van der Waals surface area contributed by atoms with E-state index in [-0.39, 0.29) is 12.5 Å². The van der Waals surface area contributed by atoms with Crippen LogP contribution in [0.2, 0.25) is 0 Å². The van der Waals surface area contributed by atoms with Crippen LogP contribution in [0, 0.1) is 0 Å². The molecule has 0 amide bonds. The van der Waals surface area contributed by atoms with Crippen molar-refractivity contribution in [2.45, 2.75) is 11.7 Å². The van der Waals surface area contributed by atoms with Crippen molar-refractivity contribution in [1.29, 1.82) is 0 Å². The Morgan fingerprint density at radius 3 is 1.40 bits per heavy atom. The van der Waals surface area contributed by atoms with E-state index in [0.29, 0.717) is 11.5 Å². The molecule has 1 aliphatic rings. The minimum absolute atomic E-state index is 0.296. The minimum atomic E-state index is -1.33. The fourth-order valence-electron chi connectivity index (χ4n) is 4.30. The van der Waals surface area contributed by atoms with E-state index in [1.54, 1.807) is 0 Å². The van der Waals surface area contributed by atoms with Gasteiger partial charge in [-0.05, 0) is 46.5 Å². The third-order valence-electron chi connectivity index (χ3n) is 5.56. The molecule has 3 heteroatoms. The molecule has 0 saturated carbocycles. The molecule has 1 aliphatic carbocycles. The first kappa shape index (κ1) is 18.5. The van der Waals surface area contributed by atoms with Crippen LogP contribution in [0.1, 0.15) is 17.0 Å². The third-order valence-corrected chi connectivity index (χ3v) is 5.56. The highest BCUT2D eigenvalue weighted by Crippen LogP contribution is 2.51. The molecule has 0 heterocycles. The summed E-state index contributed by atoms with van der Waals surface area (Å²) in [6.45, 7) is -0.315. The predicted molar refractivity (Wildman–Crippen MR) is 118 cm³/mol. The van der Waals surface area contributed by atoms with E-state index in [0.717, 1.165) is 22.3 Å². The van der Waals surface area contributed by atoms with Crippen LogP contribution in [0.4, 0.5) is 0 Å². The van der Waals surface area contributed by atoms with Gasteiger partial charge >= 0.3 is 0 Å². The van der Waals surface area contributed by atoms with Gasteiger partial charge in [0.2, 0.25) is 0 Å². The highest BCUT2D eigenvalue weighted by molar-refractivity contribution is 5.79. The number of hydrogen-bond acceptors (Lipinski definition) is 3. The smallest absolute Gasteiger partial charge is 0.285 e. The second-order valence-corrected chi connectivity index (χ2v) is 7.41. The van der Waals surface area contributed by atoms with E-state index < -0.39 is 5.79 Å². The van der Waals surface area contributed by atoms with Crippen molar-refractivity contribution in [1.82, 2.24) is 0 Å². The Bertz CT molecular complexity index is 1050. The Labute approximate surface area is 176 Å². The highest BCUT2D eigenvalue weighted by Gasteiger charge is 2.49. The van der Waals surface area contributed by atoms with Crippen LogP contribution in [0.5, 0.6) is 11.5 Å². The standard InChI is InChI=1S/C27H22O3/c28-19-27(29-20-11-3-1-4-12-20,30-21-13-5-2-6-14-21)26-24-17-9-7-15-22(24)23-16-8-10-18-25(23)26/h1-18,26,28H,19H2. The number of benzene rings is 4. The fourth-order valence-corrected chi connectivity index (χ4v) is 4.30. The van der Waals surface area contributed by atoms with Gasteiger partial charge < -0.3 is 14.6 Å². The first-order chi connectivity index (χ1) is 14.8. The molecule has 0 aromatic heterocycles. The molecule has 4 aromatic carbocycles. The van der Waals surface area contributed by atoms with Crippen molar-refractivity contribution in [3.05, 3.63) is 120 Å². The van der Waals surface area contributed by atoms with Crippen LogP contribution in [0.3, 0.4) is 0 Å². The zero-order valence-corrected chi connectivity index (χ0v) is 16.4. The van der Waals surface area contributed by atoms with Gasteiger partial charge in [0.1, 0.15) is 18.1 Å². The van der Waals surface area contributed by atoms with E-state index in [4.69, 9.17) is 9.47 Å². The molecule has 1 N–H and O–H groups in total. The normalized spacial score (nSPS) is 12.8. The molecule has 0 bridgehead atoms. The summed E-state index contributed by atoms with van der Waals surface area (Å²) in [4.78, 5) is 0. The maximum Gasteiger partial charge on any atom is 0.285 e. The molecule has 30 heavy (non-hydrogen) atoms. The number of ether oxygens (including phenoxy) is 2. The summed E-state index contributed by atoms with van der Waals surface area (Å²) in [7, 11) is 0. The lowest BCUT2D eigenvalue weighted by atomic mass is 9.88. The van der Waals surface area contributed by atoms with Gasteiger partial charge in [0.05, 0.1) is 5.92 Å². The van der Waals surface area contributed by atoms with Crippen LogP contribution >= 0.6 is 0 Å². The second kappa shape index (κ2) is 7.69. The number of aliphatic hydroxyl groups excluding tert-OH is 1. The molecule has 0 atom stereocenters.